The summed E-state index contributed by atoms with van der Waals surface area (Å²) >= 11 is 11.8. The second-order valence-electron chi connectivity index (χ2n) is 5.92. The van der Waals surface area contributed by atoms with Crippen LogP contribution in [0.15, 0.2) is 55.1 Å². The van der Waals surface area contributed by atoms with Gasteiger partial charge < -0.3 is 4.74 Å². The Bertz CT molecular complexity index is 978. The Labute approximate surface area is 176 Å². The van der Waals surface area contributed by atoms with Crippen LogP contribution in [0.1, 0.15) is 23.2 Å². The fourth-order valence-corrected chi connectivity index (χ4v) is 2.84. The van der Waals surface area contributed by atoms with Crippen LogP contribution < -0.4 is 15.6 Å². The number of aromatic nitrogens is 3. The first-order valence-electron chi connectivity index (χ1n) is 8.65. The van der Waals surface area contributed by atoms with Crippen molar-refractivity contribution in [3.05, 3.63) is 70.7 Å². The molecule has 1 heterocycles. The number of ether oxygens (including phenoxy) is 1. The Morgan fingerprint density at radius 1 is 1.07 bits per heavy atom. The van der Waals surface area contributed by atoms with E-state index < -0.39 is 5.91 Å². The first-order valence-corrected chi connectivity index (χ1v) is 9.40. The van der Waals surface area contributed by atoms with Crippen molar-refractivity contribution in [3.63, 3.8) is 0 Å². The number of amides is 2. The second-order valence-corrected chi connectivity index (χ2v) is 6.76. The molecule has 3 aromatic rings. The quantitative estimate of drug-likeness (QED) is 0.440. The molecule has 0 aliphatic heterocycles. The van der Waals surface area contributed by atoms with Crippen LogP contribution in [-0.2, 0) is 4.79 Å². The van der Waals surface area contributed by atoms with E-state index in [4.69, 9.17) is 27.9 Å². The van der Waals surface area contributed by atoms with E-state index in [0.29, 0.717) is 34.4 Å². The van der Waals surface area contributed by atoms with Gasteiger partial charge in [-0.3, -0.25) is 20.4 Å². The van der Waals surface area contributed by atoms with Gasteiger partial charge in [-0.1, -0.05) is 23.2 Å². The van der Waals surface area contributed by atoms with Crippen molar-refractivity contribution in [3.8, 4) is 11.4 Å². The molecule has 0 atom stereocenters. The van der Waals surface area contributed by atoms with Gasteiger partial charge in [0.05, 0.1) is 17.3 Å². The van der Waals surface area contributed by atoms with E-state index in [-0.39, 0.29) is 12.3 Å². The first-order chi connectivity index (χ1) is 14.0. The lowest BCUT2D eigenvalue weighted by molar-refractivity contribution is -0.122. The van der Waals surface area contributed by atoms with Crippen LogP contribution in [-0.4, -0.2) is 33.2 Å². The molecule has 2 N–H and O–H groups in total. The summed E-state index contributed by atoms with van der Waals surface area (Å²) in [6.07, 6.45) is 3.61. The lowest BCUT2D eigenvalue weighted by Crippen LogP contribution is -2.41. The van der Waals surface area contributed by atoms with Crippen molar-refractivity contribution in [2.75, 3.05) is 6.61 Å². The lowest BCUT2D eigenvalue weighted by Gasteiger charge is -2.09. The standard InChI is InChI=1S/C19H17Cl2N5O3/c20-14-5-8-17(16(21)10-14)29-9-1-2-18(27)24-25-19(28)13-3-6-15(7-4-13)26-12-22-11-23-26/h3-8,10-12H,1-2,9H2,(H,24,27)(H,25,28). The number of carbonyl (C=O) groups excluding carboxylic acids is 2. The molecule has 1 aromatic heterocycles. The maximum absolute atomic E-state index is 12.1. The predicted molar refractivity (Wildman–Crippen MR) is 108 cm³/mol. The van der Waals surface area contributed by atoms with E-state index in [1.165, 1.54) is 6.33 Å². The Balaban J connectivity index is 1.38. The van der Waals surface area contributed by atoms with Crippen molar-refractivity contribution in [2.45, 2.75) is 12.8 Å². The number of hydrogen-bond donors (Lipinski definition) is 2. The number of halogens is 2. The van der Waals surface area contributed by atoms with Crippen molar-refractivity contribution in [2.24, 2.45) is 0 Å². The summed E-state index contributed by atoms with van der Waals surface area (Å²) in [5.41, 5.74) is 5.92. The van der Waals surface area contributed by atoms with Gasteiger partial charge in [-0.2, -0.15) is 5.10 Å². The SMILES string of the molecule is O=C(CCCOc1ccc(Cl)cc1Cl)NNC(=O)c1ccc(-n2cncn2)cc1. The van der Waals surface area contributed by atoms with Crippen LogP contribution >= 0.6 is 23.2 Å². The zero-order valence-electron chi connectivity index (χ0n) is 15.1. The van der Waals surface area contributed by atoms with Gasteiger partial charge in [0.15, 0.2) is 0 Å². The number of nitrogens with zero attached hydrogens (tertiary/aromatic N) is 3. The molecule has 2 amide bonds. The zero-order chi connectivity index (χ0) is 20.6. The van der Waals surface area contributed by atoms with Gasteiger partial charge in [-0.05, 0) is 48.9 Å². The highest BCUT2D eigenvalue weighted by molar-refractivity contribution is 6.35. The van der Waals surface area contributed by atoms with Crippen LogP contribution in [0, 0.1) is 0 Å². The summed E-state index contributed by atoms with van der Waals surface area (Å²) in [5, 5.41) is 4.93. The molecule has 0 saturated carbocycles. The fourth-order valence-electron chi connectivity index (χ4n) is 2.38. The van der Waals surface area contributed by atoms with Crippen molar-refractivity contribution < 1.29 is 14.3 Å². The highest BCUT2D eigenvalue weighted by Gasteiger charge is 2.09. The molecule has 0 aliphatic carbocycles. The summed E-state index contributed by atoms with van der Waals surface area (Å²) < 4.78 is 7.08. The van der Waals surface area contributed by atoms with Crippen LogP contribution in [0.4, 0.5) is 0 Å². The van der Waals surface area contributed by atoms with Gasteiger partial charge in [0.25, 0.3) is 5.91 Å². The maximum atomic E-state index is 12.1. The number of rotatable bonds is 7. The van der Waals surface area contributed by atoms with Crippen LogP contribution in [0.2, 0.25) is 10.0 Å². The van der Waals surface area contributed by atoms with E-state index in [0.717, 1.165) is 5.69 Å². The second kappa shape index (κ2) is 9.90. The molecule has 2 aromatic carbocycles. The minimum Gasteiger partial charge on any atom is -0.492 e. The van der Waals surface area contributed by atoms with Gasteiger partial charge in [-0.25, -0.2) is 9.67 Å². The van der Waals surface area contributed by atoms with Gasteiger partial charge in [-0.15, -0.1) is 0 Å². The third-order valence-electron chi connectivity index (χ3n) is 3.83. The lowest BCUT2D eigenvalue weighted by atomic mass is 10.2. The van der Waals surface area contributed by atoms with Crippen molar-refractivity contribution >= 4 is 35.0 Å². The van der Waals surface area contributed by atoms with Gasteiger partial charge in [0.2, 0.25) is 5.91 Å². The number of benzene rings is 2. The molecule has 0 saturated heterocycles. The van der Waals surface area contributed by atoms with Crippen molar-refractivity contribution in [1.29, 1.82) is 0 Å². The van der Waals surface area contributed by atoms with Gasteiger partial charge in [0.1, 0.15) is 18.4 Å². The van der Waals surface area contributed by atoms with Crippen LogP contribution in [0.3, 0.4) is 0 Å². The van der Waals surface area contributed by atoms with E-state index >= 15 is 0 Å². The van der Waals surface area contributed by atoms with Crippen LogP contribution in [0.25, 0.3) is 5.69 Å². The smallest absolute Gasteiger partial charge is 0.269 e. The Hall–Kier alpha value is -3.10. The summed E-state index contributed by atoms with van der Waals surface area (Å²) in [6, 6.07) is 11.6. The Kier molecular flexibility index (Phi) is 7.04. The molecule has 0 radical (unpaired) electrons. The fraction of sp³-hybridized carbons (Fsp3) is 0.158. The third kappa shape index (κ3) is 5.94. The topological polar surface area (TPSA) is 98.1 Å². The number of carbonyl (C=O) groups is 2. The summed E-state index contributed by atoms with van der Waals surface area (Å²) in [6.45, 7) is 0.298. The highest BCUT2D eigenvalue weighted by Crippen LogP contribution is 2.27. The van der Waals surface area contributed by atoms with Crippen molar-refractivity contribution in [1.82, 2.24) is 25.6 Å². The predicted octanol–water partition coefficient (Wildman–Crippen LogP) is 3.19. The normalized spacial score (nSPS) is 10.4. The number of hydrazine groups is 1. The van der Waals surface area contributed by atoms with E-state index in [1.807, 2.05) is 0 Å². The molecule has 10 heteroatoms. The zero-order valence-corrected chi connectivity index (χ0v) is 16.7. The molecule has 0 aliphatic rings. The average Bonchev–Trinajstić information content (AvgIpc) is 3.25. The van der Waals surface area contributed by atoms with Crippen LogP contribution in [0.5, 0.6) is 5.75 Å². The van der Waals surface area contributed by atoms with Gasteiger partial charge >= 0.3 is 0 Å². The van der Waals surface area contributed by atoms with E-state index in [9.17, 15) is 9.59 Å². The molecule has 0 bridgehead atoms. The molecule has 29 heavy (non-hydrogen) atoms. The average molecular weight is 434 g/mol. The van der Waals surface area contributed by atoms with Gasteiger partial charge in [0, 0.05) is 17.0 Å². The third-order valence-corrected chi connectivity index (χ3v) is 4.36. The molecule has 3 rings (SSSR count). The van der Waals surface area contributed by atoms with E-state index in [2.05, 4.69) is 20.9 Å². The largest absolute Gasteiger partial charge is 0.492 e. The molecule has 0 unspecified atom stereocenters. The molecular weight excluding hydrogens is 417 g/mol. The monoisotopic (exact) mass is 433 g/mol. The van der Waals surface area contributed by atoms with E-state index in [1.54, 1.807) is 53.5 Å². The minimum atomic E-state index is -0.423. The molecule has 8 nitrogen and oxygen atoms in total. The summed E-state index contributed by atoms with van der Waals surface area (Å²) in [5.74, 6) is -0.254. The minimum absolute atomic E-state index is 0.177. The highest BCUT2D eigenvalue weighted by atomic mass is 35.5. The Morgan fingerprint density at radius 2 is 1.86 bits per heavy atom. The summed E-state index contributed by atoms with van der Waals surface area (Å²) in [7, 11) is 0. The number of hydrogen-bond acceptors (Lipinski definition) is 5. The number of nitrogens with one attached hydrogen (secondary N) is 2. The Morgan fingerprint density at radius 3 is 2.55 bits per heavy atom. The molecule has 150 valence electrons. The molecular formula is C19H17Cl2N5O3. The first kappa shape index (κ1) is 20.6. The maximum Gasteiger partial charge on any atom is 0.269 e. The molecule has 0 fully saturated rings. The summed E-state index contributed by atoms with van der Waals surface area (Å²) in [4.78, 5) is 27.8. The molecule has 0 spiro atoms.